The van der Waals surface area contributed by atoms with Crippen LogP contribution in [0.4, 0.5) is 0 Å². The Morgan fingerprint density at radius 1 is 1.26 bits per heavy atom. The molecule has 2 N–H and O–H groups in total. The van der Waals surface area contributed by atoms with Gasteiger partial charge in [-0.05, 0) is 25.0 Å². The van der Waals surface area contributed by atoms with Crippen LogP contribution >= 0.6 is 0 Å². The molecule has 9 heteroatoms. The van der Waals surface area contributed by atoms with Gasteiger partial charge in [0.15, 0.2) is 0 Å². The van der Waals surface area contributed by atoms with Gasteiger partial charge in [0.25, 0.3) is 15.9 Å². The smallest absolute Gasteiger partial charge is 0.329 e. The summed E-state index contributed by atoms with van der Waals surface area (Å²) >= 11 is 0. The lowest BCUT2D eigenvalue weighted by Gasteiger charge is -2.29. The number of sulfonamides is 1. The number of hydrogen-bond donors (Lipinski definition) is 2. The van der Waals surface area contributed by atoms with Gasteiger partial charge in [-0.25, -0.2) is 13.2 Å². The van der Waals surface area contributed by atoms with Gasteiger partial charge < -0.3 is 15.3 Å². The summed E-state index contributed by atoms with van der Waals surface area (Å²) in [5.41, 5.74) is -0.915. The lowest BCUT2D eigenvalue weighted by atomic mass is 9.97. The van der Waals surface area contributed by atoms with Crippen LogP contribution in [0.3, 0.4) is 0 Å². The van der Waals surface area contributed by atoms with Gasteiger partial charge in [0.05, 0.1) is 11.3 Å². The topological polar surface area (TPSA) is 116 Å². The van der Waals surface area contributed by atoms with E-state index in [2.05, 4.69) is 9.71 Å². The van der Waals surface area contributed by atoms with Crippen molar-refractivity contribution in [2.24, 2.45) is 4.40 Å². The largest absolute Gasteiger partial charge is 0.480 e. The molecule has 3 aliphatic rings. The Labute approximate surface area is 133 Å². The first-order valence-electron chi connectivity index (χ1n) is 7.36. The molecule has 8 nitrogen and oxygen atoms in total. The molecule has 0 saturated heterocycles. The predicted molar refractivity (Wildman–Crippen MR) is 82.1 cm³/mol. The highest BCUT2D eigenvalue weighted by Gasteiger charge is 2.43. The first kappa shape index (κ1) is 15.7. The summed E-state index contributed by atoms with van der Waals surface area (Å²) in [5.74, 6) is -1.34. The summed E-state index contributed by atoms with van der Waals surface area (Å²) in [6.07, 6.45) is 6.78. The number of carbonyl (C=O) groups excluding carboxylic acids is 1. The van der Waals surface area contributed by atoms with E-state index in [1.54, 1.807) is 4.90 Å². The van der Waals surface area contributed by atoms with Crippen LogP contribution in [0.25, 0.3) is 0 Å². The monoisotopic (exact) mass is 339 g/mol. The molecule has 0 aromatic heterocycles. The second kappa shape index (κ2) is 5.48. The number of nitrogens with one attached hydrogen (secondary N) is 1. The molecule has 1 fully saturated rings. The minimum absolute atomic E-state index is 0.116. The number of rotatable bonds is 3. The lowest BCUT2D eigenvalue weighted by molar-refractivity contribution is -0.146. The molecule has 0 aromatic rings. The minimum Gasteiger partial charge on any atom is -0.480 e. The number of aliphatic carboxylic acids is 1. The molecule has 0 unspecified atom stereocenters. The molecule has 23 heavy (non-hydrogen) atoms. The second-order valence-corrected chi connectivity index (χ2v) is 7.65. The quantitative estimate of drug-likeness (QED) is 0.747. The van der Waals surface area contributed by atoms with E-state index >= 15 is 0 Å². The van der Waals surface area contributed by atoms with Crippen molar-refractivity contribution in [2.45, 2.75) is 31.2 Å². The number of amidine groups is 1. The Bertz CT molecular complexity index is 744. The maximum atomic E-state index is 12.4. The van der Waals surface area contributed by atoms with Crippen LogP contribution in [0.5, 0.6) is 0 Å². The number of carboxylic acids is 1. The van der Waals surface area contributed by atoms with Gasteiger partial charge in [0.2, 0.25) is 0 Å². The van der Waals surface area contributed by atoms with Gasteiger partial charge in [-0.2, -0.15) is 0 Å². The highest BCUT2D eigenvalue weighted by atomic mass is 32.2. The molecule has 0 radical (unpaired) electrons. The van der Waals surface area contributed by atoms with Crippen molar-refractivity contribution in [3.63, 3.8) is 0 Å². The van der Waals surface area contributed by atoms with E-state index in [9.17, 15) is 23.1 Å². The fraction of sp³-hybridized carbons (Fsp3) is 0.500. The Balaban J connectivity index is 1.79. The summed E-state index contributed by atoms with van der Waals surface area (Å²) in [5, 5.41) is 12.0. The normalized spacial score (nSPS) is 24.4. The van der Waals surface area contributed by atoms with E-state index in [4.69, 9.17) is 0 Å². The first-order chi connectivity index (χ1) is 10.8. The van der Waals surface area contributed by atoms with Crippen molar-refractivity contribution < 1.29 is 23.1 Å². The molecule has 1 amide bonds. The third-order valence-corrected chi connectivity index (χ3v) is 5.47. The molecule has 0 spiro atoms. The zero-order chi connectivity index (χ0) is 16.7. The molecule has 124 valence electrons. The van der Waals surface area contributed by atoms with E-state index in [0.717, 1.165) is 12.8 Å². The molecule has 0 atom stereocenters. The van der Waals surface area contributed by atoms with Gasteiger partial charge in [0.1, 0.15) is 11.4 Å². The minimum atomic E-state index is -3.44. The van der Waals surface area contributed by atoms with E-state index in [-0.39, 0.29) is 23.7 Å². The Hall–Kier alpha value is -2.16. The highest BCUT2D eigenvalue weighted by molar-refractivity contribution is 7.90. The summed E-state index contributed by atoms with van der Waals surface area (Å²) in [6.45, 7) is 0.215. The standard InChI is InChI=1S/C14H17N3O5S/c18-12(15-14(13(19)20)5-1-2-6-14)10-3-4-11-16-23(21,22)8-7-17(11)9-10/h3-4,9H,1-2,5-8H2,(H,15,18)(H,19,20). The van der Waals surface area contributed by atoms with E-state index in [0.29, 0.717) is 12.8 Å². The fourth-order valence-corrected chi connectivity index (χ4v) is 3.97. The van der Waals surface area contributed by atoms with Gasteiger partial charge in [-0.3, -0.25) is 4.79 Å². The Morgan fingerprint density at radius 3 is 2.61 bits per heavy atom. The van der Waals surface area contributed by atoms with Crippen LogP contribution in [0, 0.1) is 0 Å². The maximum Gasteiger partial charge on any atom is 0.329 e. The summed E-state index contributed by atoms with van der Waals surface area (Å²) in [6, 6.07) is 0. The van der Waals surface area contributed by atoms with Crippen LogP contribution in [0.15, 0.2) is 28.3 Å². The predicted octanol–water partition coefficient (Wildman–Crippen LogP) is -0.00240. The SMILES string of the molecule is O=C(NC1(C(=O)O)CCCC1)C1=CN2CCS(=O)(=O)N=C2C=C1. The van der Waals surface area contributed by atoms with Crippen LogP contribution < -0.4 is 5.32 Å². The van der Waals surface area contributed by atoms with Gasteiger partial charge in [0, 0.05) is 12.7 Å². The first-order valence-corrected chi connectivity index (χ1v) is 8.97. The number of carbonyl (C=O) groups is 2. The van der Waals surface area contributed by atoms with Crippen molar-refractivity contribution in [3.8, 4) is 0 Å². The Morgan fingerprint density at radius 2 is 1.96 bits per heavy atom. The van der Waals surface area contributed by atoms with Crippen LogP contribution in [0.1, 0.15) is 25.7 Å². The van der Waals surface area contributed by atoms with Crippen LogP contribution in [0.2, 0.25) is 0 Å². The van der Waals surface area contributed by atoms with Crippen molar-refractivity contribution in [1.29, 1.82) is 0 Å². The zero-order valence-electron chi connectivity index (χ0n) is 12.4. The van der Waals surface area contributed by atoms with Crippen molar-refractivity contribution >= 4 is 27.7 Å². The number of hydrogen-bond acceptors (Lipinski definition) is 5. The van der Waals surface area contributed by atoms with E-state index in [1.165, 1.54) is 18.4 Å². The lowest BCUT2D eigenvalue weighted by Crippen LogP contribution is -2.53. The molecule has 1 saturated carbocycles. The molecular weight excluding hydrogens is 322 g/mol. The highest BCUT2D eigenvalue weighted by Crippen LogP contribution is 2.30. The van der Waals surface area contributed by atoms with Crippen LogP contribution in [-0.4, -0.2) is 54.0 Å². The van der Waals surface area contributed by atoms with Gasteiger partial charge >= 0.3 is 5.97 Å². The molecule has 2 aliphatic heterocycles. The van der Waals surface area contributed by atoms with Gasteiger partial charge in [-0.15, -0.1) is 4.40 Å². The maximum absolute atomic E-state index is 12.4. The van der Waals surface area contributed by atoms with Crippen molar-refractivity contribution in [2.75, 3.05) is 12.3 Å². The molecule has 0 aromatic carbocycles. The summed E-state index contributed by atoms with van der Waals surface area (Å²) < 4.78 is 26.5. The zero-order valence-corrected chi connectivity index (χ0v) is 13.2. The summed E-state index contributed by atoms with van der Waals surface area (Å²) in [4.78, 5) is 25.5. The average molecular weight is 339 g/mol. The summed E-state index contributed by atoms with van der Waals surface area (Å²) in [7, 11) is -3.44. The number of fused-ring (bicyclic) bond motifs is 1. The molecular formula is C14H17N3O5S. The third kappa shape index (κ3) is 3.00. The number of carboxylic acid groups (broad SMARTS) is 1. The molecule has 0 bridgehead atoms. The second-order valence-electron chi connectivity index (χ2n) is 5.90. The molecule has 1 aliphatic carbocycles. The molecule has 2 heterocycles. The Kier molecular flexibility index (Phi) is 3.75. The van der Waals surface area contributed by atoms with Crippen molar-refractivity contribution in [3.05, 3.63) is 23.9 Å². The fourth-order valence-electron chi connectivity index (χ4n) is 3.00. The number of nitrogens with zero attached hydrogens (tertiary/aromatic N) is 2. The average Bonchev–Trinajstić information content (AvgIpc) is 2.95. The molecule has 3 rings (SSSR count). The van der Waals surface area contributed by atoms with Crippen molar-refractivity contribution in [1.82, 2.24) is 10.2 Å². The van der Waals surface area contributed by atoms with Gasteiger partial charge in [-0.1, -0.05) is 12.8 Å². The number of amides is 1. The van der Waals surface area contributed by atoms with E-state index in [1.807, 2.05) is 0 Å². The van der Waals surface area contributed by atoms with E-state index < -0.39 is 27.4 Å². The van der Waals surface area contributed by atoms with Crippen LogP contribution in [-0.2, 0) is 19.6 Å². The third-order valence-electron chi connectivity index (χ3n) is 4.31.